The molecule has 0 bridgehead atoms. The van der Waals surface area contributed by atoms with Crippen LogP contribution in [-0.2, 0) is 11.8 Å². The highest BCUT2D eigenvalue weighted by Crippen LogP contribution is 2.24. The third-order valence-electron chi connectivity index (χ3n) is 4.82. The molecule has 1 saturated heterocycles. The molecular weight excluding hydrogens is 342 g/mol. The van der Waals surface area contributed by atoms with Crippen molar-refractivity contribution in [2.24, 2.45) is 7.05 Å². The van der Waals surface area contributed by atoms with E-state index in [-0.39, 0.29) is 0 Å². The van der Waals surface area contributed by atoms with Crippen molar-refractivity contribution in [3.8, 4) is 17.1 Å². The van der Waals surface area contributed by atoms with E-state index in [2.05, 4.69) is 30.9 Å². The van der Waals surface area contributed by atoms with Crippen LogP contribution in [0.4, 0.5) is 5.95 Å². The Bertz CT molecular complexity index is 1080. The van der Waals surface area contributed by atoms with E-state index < -0.39 is 0 Å². The van der Waals surface area contributed by atoms with E-state index in [1.165, 1.54) is 0 Å². The monoisotopic (exact) mass is 361 g/mol. The Hall–Kier alpha value is -3.26. The number of hydrogen-bond acceptors (Lipinski definition) is 6. The number of aromatic nitrogens is 6. The summed E-state index contributed by atoms with van der Waals surface area (Å²) < 4.78 is 9.44. The SMILES string of the molecule is Cn1cnc2ccc(-n3ccnc3-c3cnc(N4CCOCC4)nc3)cc21. The predicted octanol–water partition coefficient (Wildman–Crippen LogP) is 2.05. The van der Waals surface area contributed by atoms with Crippen LogP contribution in [0.5, 0.6) is 0 Å². The van der Waals surface area contributed by atoms with Crippen molar-refractivity contribution < 1.29 is 4.74 Å². The highest BCUT2D eigenvalue weighted by Gasteiger charge is 2.15. The van der Waals surface area contributed by atoms with Gasteiger partial charge in [0.05, 0.1) is 36.1 Å². The largest absolute Gasteiger partial charge is 0.378 e. The molecule has 1 fully saturated rings. The molecule has 1 aromatic carbocycles. The Morgan fingerprint density at radius 1 is 1.00 bits per heavy atom. The topological polar surface area (TPSA) is 73.9 Å². The van der Waals surface area contributed by atoms with Crippen molar-refractivity contribution >= 4 is 17.0 Å². The summed E-state index contributed by atoms with van der Waals surface area (Å²) in [4.78, 5) is 20.1. The quantitative estimate of drug-likeness (QED) is 0.556. The van der Waals surface area contributed by atoms with Crippen LogP contribution in [0.25, 0.3) is 28.1 Å². The maximum absolute atomic E-state index is 5.38. The number of anilines is 1. The van der Waals surface area contributed by atoms with Crippen molar-refractivity contribution in [2.75, 3.05) is 31.2 Å². The van der Waals surface area contributed by atoms with Gasteiger partial charge >= 0.3 is 0 Å². The zero-order valence-electron chi connectivity index (χ0n) is 15.0. The predicted molar refractivity (Wildman–Crippen MR) is 102 cm³/mol. The van der Waals surface area contributed by atoms with Gasteiger partial charge in [-0.05, 0) is 18.2 Å². The Balaban J connectivity index is 1.49. The van der Waals surface area contributed by atoms with Crippen LogP contribution in [0.2, 0.25) is 0 Å². The first-order chi connectivity index (χ1) is 13.3. The molecule has 0 aliphatic carbocycles. The standard InChI is InChI=1S/C19H19N7O/c1-24-13-23-16-3-2-15(10-17(16)24)26-5-4-20-18(26)14-11-21-19(22-12-14)25-6-8-27-9-7-25/h2-5,10-13H,6-9H2,1H3. The summed E-state index contributed by atoms with van der Waals surface area (Å²) in [5.41, 5.74) is 3.95. The fraction of sp³-hybridized carbons (Fsp3) is 0.263. The van der Waals surface area contributed by atoms with Gasteiger partial charge in [0.2, 0.25) is 5.95 Å². The molecule has 27 heavy (non-hydrogen) atoms. The van der Waals surface area contributed by atoms with E-state index in [4.69, 9.17) is 4.74 Å². The second-order valence-corrected chi connectivity index (χ2v) is 6.52. The van der Waals surface area contributed by atoms with E-state index in [0.29, 0.717) is 13.2 Å². The average Bonchev–Trinajstić information content (AvgIpc) is 3.36. The molecule has 136 valence electrons. The first-order valence-electron chi connectivity index (χ1n) is 8.89. The zero-order valence-corrected chi connectivity index (χ0v) is 15.0. The number of hydrogen-bond donors (Lipinski definition) is 0. The molecule has 8 nitrogen and oxygen atoms in total. The number of aryl methyl sites for hydroxylation is 1. The maximum atomic E-state index is 5.38. The molecule has 8 heteroatoms. The Kier molecular flexibility index (Phi) is 3.83. The number of morpholine rings is 1. The molecule has 3 aromatic heterocycles. The molecule has 0 unspecified atom stereocenters. The number of nitrogens with zero attached hydrogens (tertiary/aromatic N) is 7. The molecule has 0 N–H and O–H groups in total. The van der Waals surface area contributed by atoms with Gasteiger partial charge in [-0.2, -0.15) is 0 Å². The zero-order chi connectivity index (χ0) is 18.2. The van der Waals surface area contributed by atoms with Crippen LogP contribution in [0.3, 0.4) is 0 Å². The molecule has 0 radical (unpaired) electrons. The van der Waals surface area contributed by atoms with Crippen LogP contribution in [0.1, 0.15) is 0 Å². The van der Waals surface area contributed by atoms with E-state index in [1.54, 1.807) is 6.20 Å². The molecule has 0 saturated carbocycles. The molecular formula is C19H19N7O. The molecule has 0 amide bonds. The van der Waals surface area contributed by atoms with E-state index >= 15 is 0 Å². The van der Waals surface area contributed by atoms with Crippen molar-refractivity contribution in [1.29, 1.82) is 0 Å². The lowest BCUT2D eigenvalue weighted by molar-refractivity contribution is 0.122. The first kappa shape index (κ1) is 16.0. The average molecular weight is 361 g/mol. The second kappa shape index (κ2) is 6.48. The van der Waals surface area contributed by atoms with Crippen molar-refractivity contribution in [3.05, 3.63) is 49.3 Å². The highest BCUT2D eigenvalue weighted by atomic mass is 16.5. The smallest absolute Gasteiger partial charge is 0.225 e. The Morgan fingerprint density at radius 3 is 2.63 bits per heavy atom. The van der Waals surface area contributed by atoms with Gasteiger partial charge in [-0.25, -0.2) is 19.9 Å². The minimum atomic E-state index is 0.714. The number of imidazole rings is 2. The van der Waals surface area contributed by atoms with Gasteiger partial charge in [0, 0.05) is 50.6 Å². The molecule has 0 atom stereocenters. The van der Waals surface area contributed by atoms with Crippen LogP contribution in [0, 0.1) is 0 Å². The van der Waals surface area contributed by atoms with E-state index in [9.17, 15) is 0 Å². The number of fused-ring (bicyclic) bond motifs is 1. The lowest BCUT2D eigenvalue weighted by atomic mass is 10.2. The normalized spacial score (nSPS) is 14.8. The molecule has 1 aliphatic rings. The summed E-state index contributed by atoms with van der Waals surface area (Å²) in [7, 11) is 1.99. The van der Waals surface area contributed by atoms with E-state index in [0.717, 1.165) is 47.1 Å². The molecule has 4 aromatic rings. The summed E-state index contributed by atoms with van der Waals surface area (Å²) in [6, 6.07) is 6.17. The second-order valence-electron chi connectivity index (χ2n) is 6.52. The maximum Gasteiger partial charge on any atom is 0.225 e. The van der Waals surface area contributed by atoms with Crippen LogP contribution in [0.15, 0.2) is 49.3 Å². The number of benzene rings is 1. The number of rotatable bonds is 3. The van der Waals surface area contributed by atoms with Crippen molar-refractivity contribution in [3.63, 3.8) is 0 Å². The third kappa shape index (κ3) is 2.83. The third-order valence-corrected chi connectivity index (χ3v) is 4.82. The van der Waals surface area contributed by atoms with Crippen LogP contribution >= 0.6 is 0 Å². The van der Waals surface area contributed by atoms with Gasteiger partial charge < -0.3 is 14.2 Å². The van der Waals surface area contributed by atoms with Crippen LogP contribution < -0.4 is 4.90 Å². The lowest BCUT2D eigenvalue weighted by Gasteiger charge is -2.26. The van der Waals surface area contributed by atoms with Crippen molar-refractivity contribution in [1.82, 2.24) is 29.1 Å². The summed E-state index contributed by atoms with van der Waals surface area (Å²) in [5, 5.41) is 0. The Morgan fingerprint density at radius 2 is 1.81 bits per heavy atom. The lowest BCUT2D eigenvalue weighted by Crippen LogP contribution is -2.37. The summed E-state index contributed by atoms with van der Waals surface area (Å²) >= 11 is 0. The highest BCUT2D eigenvalue weighted by molar-refractivity contribution is 5.78. The first-order valence-corrected chi connectivity index (χ1v) is 8.89. The summed E-state index contributed by atoms with van der Waals surface area (Å²) in [6.45, 7) is 3.06. The van der Waals surface area contributed by atoms with Gasteiger partial charge in [0.1, 0.15) is 5.82 Å². The van der Waals surface area contributed by atoms with Gasteiger partial charge in [-0.1, -0.05) is 0 Å². The molecule has 4 heterocycles. The molecule has 1 aliphatic heterocycles. The fourth-order valence-electron chi connectivity index (χ4n) is 3.35. The summed E-state index contributed by atoms with van der Waals surface area (Å²) in [5.74, 6) is 1.54. The van der Waals surface area contributed by atoms with E-state index in [1.807, 2.05) is 53.2 Å². The minimum absolute atomic E-state index is 0.714. The molecule has 0 spiro atoms. The Labute approximate surface area is 156 Å². The minimum Gasteiger partial charge on any atom is -0.378 e. The van der Waals surface area contributed by atoms with Crippen molar-refractivity contribution in [2.45, 2.75) is 0 Å². The fourth-order valence-corrected chi connectivity index (χ4v) is 3.35. The van der Waals surface area contributed by atoms with Crippen LogP contribution in [-0.4, -0.2) is 55.4 Å². The van der Waals surface area contributed by atoms with Gasteiger partial charge in [0.15, 0.2) is 0 Å². The van der Waals surface area contributed by atoms with Gasteiger partial charge in [-0.3, -0.25) is 4.57 Å². The van der Waals surface area contributed by atoms with Gasteiger partial charge in [-0.15, -0.1) is 0 Å². The summed E-state index contributed by atoms with van der Waals surface area (Å²) in [6.07, 6.45) is 9.22. The number of ether oxygens (including phenoxy) is 1. The van der Waals surface area contributed by atoms with Gasteiger partial charge in [0.25, 0.3) is 0 Å². The molecule has 5 rings (SSSR count).